The molecule has 4 rings (SSSR count). The van der Waals surface area contributed by atoms with Crippen LogP contribution < -0.4 is 10.1 Å². The third-order valence-electron chi connectivity index (χ3n) is 6.40. The molecule has 190 valence electrons. The molecule has 1 N–H and O–H groups in total. The van der Waals surface area contributed by atoms with Crippen LogP contribution in [0, 0.1) is 0 Å². The lowest BCUT2D eigenvalue weighted by Crippen LogP contribution is -2.53. The van der Waals surface area contributed by atoms with E-state index in [0.717, 1.165) is 5.56 Å². The van der Waals surface area contributed by atoms with Gasteiger partial charge >= 0.3 is 0 Å². The minimum Gasteiger partial charge on any atom is -0.478 e. The van der Waals surface area contributed by atoms with Crippen LogP contribution in [0.15, 0.2) is 91.0 Å². The molecule has 1 fully saturated rings. The first-order valence-electron chi connectivity index (χ1n) is 12.5. The lowest BCUT2D eigenvalue weighted by Gasteiger charge is -2.37. The average Bonchev–Trinajstić information content (AvgIpc) is 2.93. The monoisotopic (exact) mass is 496 g/mol. The Balaban J connectivity index is 1.27. The molecular weight excluding hydrogens is 464 g/mol. The van der Waals surface area contributed by atoms with Crippen LogP contribution in [0.1, 0.15) is 48.2 Å². The minimum atomic E-state index is -1.07. The highest BCUT2D eigenvalue weighted by molar-refractivity contribution is 6.09. The number of amides is 2. The van der Waals surface area contributed by atoms with Crippen LogP contribution >= 0.6 is 0 Å². The van der Waals surface area contributed by atoms with Gasteiger partial charge < -0.3 is 15.0 Å². The summed E-state index contributed by atoms with van der Waals surface area (Å²) in [6.45, 7) is 4.59. The van der Waals surface area contributed by atoms with Gasteiger partial charge in [0.2, 0.25) is 5.91 Å². The lowest BCUT2D eigenvalue weighted by molar-refractivity contribution is -0.146. The van der Waals surface area contributed by atoms with Gasteiger partial charge in [-0.15, -0.1) is 0 Å². The standard InChI is InChI=1S/C31H32N2O4/c1-31(2,37-27-16-14-25(15-17-27)29(35)24-11-7-4-8-12-24)30(36)33-21-19-26(20-22-33)32-28(34)18-13-23-9-5-3-6-10-23/h3-18,26H,19-22H2,1-2H3,(H,32,34)/b18-13+. The number of carbonyl (C=O) groups excluding carboxylic acids is 3. The Morgan fingerprint density at radius 2 is 1.41 bits per heavy atom. The second-order valence-electron chi connectivity index (χ2n) is 9.65. The summed E-state index contributed by atoms with van der Waals surface area (Å²) in [4.78, 5) is 39.9. The summed E-state index contributed by atoms with van der Waals surface area (Å²) < 4.78 is 6.04. The molecule has 3 aromatic rings. The number of nitrogens with zero attached hydrogens (tertiary/aromatic N) is 1. The molecule has 0 aromatic heterocycles. The molecule has 2 amide bonds. The highest BCUT2D eigenvalue weighted by atomic mass is 16.5. The summed E-state index contributed by atoms with van der Waals surface area (Å²) in [5.74, 6) is 0.223. The number of likely N-dealkylation sites (tertiary alicyclic amines) is 1. The number of hydrogen-bond donors (Lipinski definition) is 1. The largest absolute Gasteiger partial charge is 0.478 e. The third kappa shape index (κ3) is 6.94. The molecule has 37 heavy (non-hydrogen) atoms. The first kappa shape index (κ1) is 25.9. The van der Waals surface area contributed by atoms with Gasteiger partial charge in [-0.1, -0.05) is 60.7 Å². The van der Waals surface area contributed by atoms with Gasteiger partial charge in [0, 0.05) is 36.3 Å². The smallest absolute Gasteiger partial charge is 0.266 e. The molecule has 0 bridgehead atoms. The highest BCUT2D eigenvalue weighted by Gasteiger charge is 2.36. The molecule has 0 unspecified atom stereocenters. The molecule has 1 aliphatic heterocycles. The second-order valence-corrected chi connectivity index (χ2v) is 9.65. The maximum Gasteiger partial charge on any atom is 0.266 e. The van der Waals surface area contributed by atoms with E-state index in [-0.39, 0.29) is 23.6 Å². The molecule has 6 heteroatoms. The highest BCUT2D eigenvalue weighted by Crippen LogP contribution is 2.23. The fourth-order valence-corrected chi connectivity index (χ4v) is 4.36. The van der Waals surface area contributed by atoms with Crippen molar-refractivity contribution in [2.45, 2.75) is 38.3 Å². The van der Waals surface area contributed by atoms with Crippen molar-refractivity contribution in [1.29, 1.82) is 0 Å². The van der Waals surface area contributed by atoms with Crippen molar-refractivity contribution in [3.8, 4) is 5.75 Å². The van der Waals surface area contributed by atoms with Gasteiger partial charge in [0.1, 0.15) is 5.75 Å². The quantitative estimate of drug-likeness (QED) is 0.356. The van der Waals surface area contributed by atoms with Gasteiger partial charge in [-0.25, -0.2) is 0 Å². The van der Waals surface area contributed by atoms with E-state index >= 15 is 0 Å². The molecule has 3 aromatic carbocycles. The van der Waals surface area contributed by atoms with Crippen molar-refractivity contribution in [3.63, 3.8) is 0 Å². The average molecular weight is 497 g/mol. The molecule has 0 aliphatic carbocycles. The van der Waals surface area contributed by atoms with Gasteiger partial charge in [-0.2, -0.15) is 0 Å². The van der Waals surface area contributed by atoms with Crippen molar-refractivity contribution in [2.75, 3.05) is 13.1 Å². The minimum absolute atomic E-state index is 0.0238. The molecule has 1 heterocycles. The number of piperidine rings is 1. The topological polar surface area (TPSA) is 75.7 Å². The van der Waals surface area contributed by atoms with Gasteiger partial charge in [0.05, 0.1) is 0 Å². The number of ketones is 1. The Kier molecular flexibility index (Phi) is 8.18. The Labute approximate surface area is 218 Å². The zero-order valence-electron chi connectivity index (χ0n) is 21.2. The first-order valence-corrected chi connectivity index (χ1v) is 12.5. The number of hydrogen-bond acceptors (Lipinski definition) is 4. The van der Waals surface area contributed by atoms with Crippen LogP contribution in [0.4, 0.5) is 0 Å². The van der Waals surface area contributed by atoms with E-state index in [0.29, 0.717) is 42.8 Å². The van der Waals surface area contributed by atoms with Crippen LogP contribution in [0.2, 0.25) is 0 Å². The van der Waals surface area contributed by atoms with Crippen molar-refractivity contribution in [3.05, 3.63) is 108 Å². The Morgan fingerprint density at radius 1 is 0.838 bits per heavy atom. The van der Waals surface area contributed by atoms with Crippen LogP contribution in [0.3, 0.4) is 0 Å². The molecule has 0 atom stereocenters. The summed E-state index contributed by atoms with van der Waals surface area (Å²) in [6, 6.07) is 25.7. The zero-order valence-corrected chi connectivity index (χ0v) is 21.2. The molecular formula is C31H32N2O4. The van der Waals surface area contributed by atoms with Crippen molar-refractivity contribution < 1.29 is 19.1 Å². The summed E-state index contributed by atoms with van der Waals surface area (Å²) in [7, 11) is 0. The predicted octanol–water partition coefficient (Wildman–Crippen LogP) is 4.90. The number of carbonyl (C=O) groups is 3. The number of benzene rings is 3. The molecule has 1 saturated heterocycles. The number of rotatable bonds is 8. The van der Waals surface area contributed by atoms with Gasteiger partial charge in [0.15, 0.2) is 11.4 Å². The Bertz CT molecular complexity index is 1240. The summed E-state index contributed by atoms with van der Waals surface area (Å²) >= 11 is 0. The maximum absolute atomic E-state index is 13.2. The van der Waals surface area contributed by atoms with Crippen LogP contribution in [0.5, 0.6) is 5.75 Å². The Hall–Kier alpha value is -4.19. The van der Waals surface area contributed by atoms with Crippen LogP contribution in [-0.2, 0) is 9.59 Å². The molecule has 1 aliphatic rings. The van der Waals surface area contributed by atoms with Crippen LogP contribution in [0.25, 0.3) is 6.08 Å². The molecule has 0 spiro atoms. The van der Waals surface area contributed by atoms with E-state index in [2.05, 4.69) is 5.32 Å². The third-order valence-corrected chi connectivity index (χ3v) is 6.40. The molecule has 0 radical (unpaired) electrons. The SMILES string of the molecule is CC(C)(Oc1ccc(C(=O)c2ccccc2)cc1)C(=O)N1CCC(NC(=O)/C=C/c2ccccc2)CC1. The maximum atomic E-state index is 13.2. The van der Waals surface area contributed by atoms with Gasteiger partial charge in [0.25, 0.3) is 5.91 Å². The zero-order chi connectivity index (χ0) is 26.3. The van der Waals surface area contributed by atoms with E-state index in [1.807, 2.05) is 48.5 Å². The van der Waals surface area contributed by atoms with E-state index in [4.69, 9.17) is 4.74 Å². The van der Waals surface area contributed by atoms with Gasteiger partial charge in [-0.05, 0) is 62.6 Å². The first-order chi connectivity index (χ1) is 17.8. The number of nitrogens with one attached hydrogen (secondary N) is 1. The van der Waals surface area contributed by atoms with Crippen LogP contribution in [-0.4, -0.2) is 47.2 Å². The lowest BCUT2D eigenvalue weighted by atomic mass is 10.0. The summed E-state index contributed by atoms with van der Waals surface area (Å²) in [5.41, 5.74) is 1.08. The van der Waals surface area contributed by atoms with E-state index < -0.39 is 5.60 Å². The number of ether oxygens (including phenoxy) is 1. The molecule has 6 nitrogen and oxygen atoms in total. The van der Waals surface area contributed by atoms with Crippen molar-refractivity contribution in [2.24, 2.45) is 0 Å². The fourth-order valence-electron chi connectivity index (χ4n) is 4.36. The van der Waals surface area contributed by atoms with Crippen molar-refractivity contribution in [1.82, 2.24) is 10.2 Å². The summed E-state index contributed by atoms with van der Waals surface area (Å²) in [5, 5.41) is 3.03. The predicted molar refractivity (Wildman–Crippen MR) is 144 cm³/mol. The summed E-state index contributed by atoms with van der Waals surface area (Å²) in [6.07, 6.45) is 4.70. The Morgan fingerprint density at radius 3 is 2.03 bits per heavy atom. The van der Waals surface area contributed by atoms with E-state index in [1.54, 1.807) is 67.3 Å². The van der Waals surface area contributed by atoms with E-state index in [1.165, 1.54) is 0 Å². The fraction of sp³-hybridized carbons (Fsp3) is 0.258. The normalized spacial score (nSPS) is 14.4. The van der Waals surface area contributed by atoms with Gasteiger partial charge in [-0.3, -0.25) is 14.4 Å². The van der Waals surface area contributed by atoms with E-state index in [9.17, 15) is 14.4 Å². The van der Waals surface area contributed by atoms with Crippen molar-refractivity contribution >= 4 is 23.7 Å². The second kappa shape index (κ2) is 11.7. The molecule has 0 saturated carbocycles.